The van der Waals surface area contributed by atoms with Gasteiger partial charge in [-0.25, -0.2) is 4.98 Å². The highest BCUT2D eigenvalue weighted by Gasteiger charge is 2.30. The molecule has 3 heterocycles. The van der Waals surface area contributed by atoms with Gasteiger partial charge in [0.25, 0.3) is 0 Å². The molecule has 1 aliphatic heterocycles. The normalized spacial score (nSPS) is 14.7. The van der Waals surface area contributed by atoms with E-state index in [0.717, 1.165) is 32.4 Å². The summed E-state index contributed by atoms with van der Waals surface area (Å²) in [5.74, 6) is 1.92. The summed E-state index contributed by atoms with van der Waals surface area (Å²) in [5, 5.41) is 4.09. The largest absolute Gasteiger partial charge is 0.497 e. The number of hydrogen-bond acceptors (Lipinski definition) is 5. The predicted molar refractivity (Wildman–Crippen MR) is 127 cm³/mol. The molecule has 4 aromatic rings. The first-order valence-electron chi connectivity index (χ1n) is 10.3. The Morgan fingerprint density at radius 3 is 2.78 bits per heavy atom. The standard InChI is InChI=1S/C25H22BrN3O3/c1-15-19(13-22(30)25-28-24-23(32-25)4-3-11-27-24)20-12-18(31-2)9-10-21(20)29(15)14-16-5-7-17(26)8-6-16/h3-12,25H,13-14H2,1-2H3,(H,27,28). The van der Waals surface area contributed by atoms with Crippen LogP contribution in [0.1, 0.15) is 16.8 Å². The fourth-order valence-corrected chi connectivity index (χ4v) is 4.41. The number of ketones is 1. The summed E-state index contributed by atoms with van der Waals surface area (Å²) in [6, 6.07) is 17.9. The van der Waals surface area contributed by atoms with Gasteiger partial charge in [-0.05, 0) is 60.5 Å². The van der Waals surface area contributed by atoms with Crippen molar-refractivity contribution in [1.29, 1.82) is 0 Å². The van der Waals surface area contributed by atoms with Crippen LogP contribution >= 0.6 is 15.9 Å². The zero-order valence-corrected chi connectivity index (χ0v) is 19.3. The number of carbonyl (C=O) groups is 1. The number of ether oxygens (including phenoxy) is 2. The van der Waals surface area contributed by atoms with Crippen molar-refractivity contribution in [3.63, 3.8) is 0 Å². The van der Waals surface area contributed by atoms with E-state index in [2.05, 4.69) is 55.9 Å². The van der Waals surface area contributed by atoms with Crippen molar-refractivity contribution in [3.8, 4) is 11.5 Å². The number of Topliss-reactive ketones (excluding diaryl/α,β-unsaturated/α-hetero) is 1. The molecule has 1 unspecified atom stereocenters. The van der Waals surface area contributed by atoms with Gasteiger partial charge in [0.05, 0.1) is 7.11 Å². The number of nitrogens with one attached hydrogen (secondary N) is 1. The Labute approximate surface area is 194 Å². The molecule has 0 amide bonds. The van der Waals surface area contributed by atoms with Crippen LogP contribution in [0.15, 0.2) is 65.3 Å². The van der Waals surface area contributed by atoms with Crippen molar-refractivity contribution in [2.75, 3.05) is 12.4 Å². The van der Waals surface area contributed by atoms with Crippen LogP contribution in [-0.2, 0) is 17.8 Å². The van der Waals surface area contributed by atoms with Gasteiger partial charge in [-0.1, -0.05) is 28.1 Å². The van der Waals surface area contributed by atoms with Crippen LogP contribution in [0.3, 0.4) is 0 Å². The first-order chi connectivity index (χ1) is 15.5. The second-order valence-electron chi connectivity index (χ2n) is 7.80. The highest BCUT2D eigenvalue weighted by molar-refractivity contribution is 9.10. The van der Waals surface area contributed by atoms with Gasteiger partial charge in [-0.2, -0.15) is 0 Å². The van der Waals surface area contributed by atoms with Crippen molar-refractivity contribution in [1.82, 2.24) is 9.55 Å². The number of rotatable bonds is 6. The summed E-state index contributed by atoms with van der Waals surface area (Å²) in [5.41, 5.74) is 4.29. The smallest absolute Gasteiger partial charge is 0.231 e. The maximum Gasteiger partial charge on any atom is 0.231 e. The number of aromatic nitrogens is 2. The fraction of sp³-hybridized carbons (Fsp3) is 0.200. The highest BCUT2D eigenvalue weighted by atomic mass is 79.9. The van der Waals surface area contributed by atoms with E-state index in [1.54, 1.807) is 19.4 Å². The molecule has 5 rings (SSSR count). The Balaban J connectivity index is 1.49. The van der Waals surface area contributed by atoms with Crippen molar-refractivity contribution in [2.24, 2.45) is 0 Å². The van der Waals surface area contributed by atoms with Crippen LogP contribution in [-0.4, -0.2) is 28.7 Å². The number of anilines is 1. The molecule has 1 N–H and O–H groups in total. The van der Waals surface area contributed by atoms with Gasteiger partial charge in [0.1, 0.15) is 5.75 Å². The van der Waals surface area contributed by atoms with E-state index in [4.69, 9.17) is 9.47 Å². The molecule has 162 valence electrons. The Morgan fingerprint density at radius 2 is 2.03 bits per heavy atom. The molecule has 6 nitrogen and oxygen atoms in total. The predicted octanol–water partition coefficient (Wildman–Crippen LogP) is 5.11. The van der Waals surface area contributed by atoms with E-state index in [9.17, 15) is 4.79 Å². The molecule has 0 saturated carbocycles. The third-order valence-electron chi connectivity index (χ3n) is 5.84. The van der Waals surface area contributed by atoms with E-state index in [1.165, 1.54) is 5.56 Å². The highest BCUT2D eigenvalue weighted by Crippen LogP contribution is 2.33. The average molecular weight is 492 g/mol. The molecule has 32 heavy (non-hydrogen) atoms. The minimum absolute atomic E-state index is 0.0448. The zero-order valence-electron chi connectivity index (χ0n) is 17.8. The molecule has 1 atom stereocenters. The van der Waals surface area contributed by atoms with Crippen LogP contribution in [0.2, 0.25) is 0 Å². The van der Waals surface area contributed by atoms with Gasteiger partial charge in [0.2, 0.25) is 6.23 Å². The number of halogens is 1. The molecular weight excluding hydrogens is 470 g/mol. The first-order valence-corrected chi connectivity index (χ1v) is 11.1. The summed E-state index contributed by atoms with van der Waals surface area (Å²) in [6.07, 6.45) is 1.18. The molecule has 0 aliphatic carbocycles. The minimum atomic E-state index is -0.741. The maximum atomic E-state index is 13.2. The summed E-state index contributed by atoms with van der Waals surface area (Å²) >= 11 is 3.49. The summed E-state index contributed by atoms with van der Waals surface area (Å²) < 4.78 is 14.5. The third kappa shape index (κ3) is 3.73. The lowest BCUT2D eigenvalue weighted by molar-refractivity contribution is -0.123. The maximum absolute atomic E-state index is 13.2. The summed E-state index contributed by atoms with van der Waals surface area (Å²) in [4.78, 5) is 17.4. The number of fused-ring (bicyclic) bond motifs is 2. The molecule has 0 saturated heterocycles. The number of nitrogens with zero attached hydrogens (tertiary/aromatic N) is 2. The number of hydrogen-bond donors (Lipinski definition) is 1. The monoisotopic (exact) mass is 491 g/mol. The second kappa shape index (κ2) is 8.31. The van der Waals surface area contributed by atoms with Crippen molar-refractivity contribution in [2.45, 2.75) is 26.1 Å². The lowest BCUT2D eigenvalue weighted by Gasteiger charge is -2.11. The number of carbonyl (C=O) groups excluding carboxylic acids is 1. The number of pyridine rings is 1. The Morgan fingerprint density at radius 1 is 1.22 bits per heavy atom. The van der Waals surface area contributed by atoms with Crippen molar-refractivity contribution >= 4 is 38.4 Å². The van der Waals surface area contributed by atoms with Crippen LogP contribution in [0, 0.1) is 6.92 Å². The van der Waals surface area contributed by atoms with Crippen LogP contribution in [0.4, 0.5) is 5.82 Å². The molecular formula is C25H22BrN3O3. The Bertz CT molecular complexity index is 1290. The second-order valence-corrected chi connectivity index (χ2v) is 8.71. The van der Waals surface area contributed by atoms with Gasteiger partial charge in [0, 0.05) is 40.2 Å². The zero-order chi connectivity index (χ0) is 22.2. The van der Waals surface area contributed by atoms with Gasteiger partial charge in [-0.3, -0.25) is 4.79 Å². The van der Waals surface area contributed by atoms with E-state index in [0.29, 0.717) is 18.1 Å². The number of benzene rings is 2. The van der Waals surface area contributed by atoms with Gasteiger partial charge in [-0.15, -0.1) is 0 Å². The topological polar surface area (TPSA) is 65.4 Å². The Kier molecular flexibility index (Phi) is 5.35. The molecule has 7 heteroatoms. The van der Waals surface area contributed by atoms with Crippen LogP contribution < -0.4 is 14.8 Å². The first kappa shape index (κ1) is 20.6. The van der Waals surface area contributed by atoms with Crippen molar-refractivity contribution < 1.29 is 14.3 Å². The van der Waals surface area contributed by atoms with Gasteiger partial charge >= 0.3 is 0 Å². The molecule has 0 bridgehead atoms. The lowest BCUT2D eigenvalue weighted by atomic mass is 10.0. The van der Waals surface area contributed by atoms with Crippen molar-refractivity contribution in [3.05, 3.63) is 82.1 Å². The molecule has 0 radical (unpaired) electrons. The molecule has 0 fully saturated rings. The van der Waals surface area contributed by atoms with Crippen LogP contribution in [0.5, 0.6) is 11.5 Å². The lowest BCUT2D eigenvalue weighted by Crippen LogP contribution is -2.32. The van der Waals surface area contributed by atoms with Gasteiger partial charge in [0.15, 0.2) is 17.4 Å². The van der Waals surface area contributed by atoms with E-state index in [1.807, 2.05) is 30.3 Å². The minimum Gasteiger partial charge on any atom is -0.497 e. The molecule has 2 aromatic carbocycles. The van der Waals surface area contributed by atoms with E-state index >= 15 is 0 Å². The summed E-state index contributed by atoms with van der Waals surface area (Å²) in [7, 11) is 1.65. The average Bonchev–Trinajstić information content (AvgIpc) is 3.35. The molecule has 2 aromatic heterocycles. The van der Waals surface area contributed by atoms with E-state index in [-0.39, 0.29) is 12.2 Å². The summed E-state index contributed by atoms with van der Waals surface area (Å²) in [6.45, 7) is 2.77. The number of methoxy groups -OCH3 is 1. The molecule has 1 aliphatic rings. The quantitative estimate of drug-likeness (QED) is 0.406. The SMILES string of the molecule is COc1ccc2c(c1)c(CC(=O)C1Nc3ncccc3O1)c(C)n2Cc1ccc(Br)cc1. The molecule has 0 spiro atoms. The van der Waals surface area contributed by atoms with E-state index < -0.39 is 6.23 Å². The third-order valence-corrected chi connectivity index (χ3v) is 6.37. The van der Waals surface area contributed by atoms with Crippen LogP contribution in [0.25, 0.3) is 10.9 Å². The Hall–Kier alpha value is -3.32. The van der Waals surface area contributed by atoms with Gasteiger partial charge < -0.3 is 19.4 Å². The fourth-order valence-electron chi connectivity index (χ4n) is 4.14.